The molecule has 0 amide bonds. The normalized spacial score (nSPS) is 16.9. The molecule has 1 aliphatic heterocycles. The lowest BCUT2D eigenvalue weighted by atomic mass is 10.1. The van der Waals surface area contributed by atoms with Crippen LogP contribution < -0.4 is 20.7 Å². The van der Waals surface area contributed by atoms with Crippen LogP contribution in [0.15, 0.2) is 28.8 Å². The molecule has 1 unspecified atom stereocenters. The number of anilines is 3. The third-order valence-electron chi connectivity index (χ3n) is 4.49. The number of hydrogen-bond donors (Lipinski definition) is 2. The van der Waals surface area contributed by atoms with Crippen LogP contribution in [0.4, 0.5) is 17.7 Å². The minimum atomic E-state index is 0.122. The number of benzene rings is 1. The number of ether oxygens (including phenoxy) is 1. The molecule has 1 atom stereocenters. The Morgan fingerprint density at radius 3 is 3.11 bits per heavy atom. The maximum atomic E-state index is 9.04. The van der Waals surface area contributed by atoms with Crippen molar-refractivity contribution in [3.8, 4) is 11.9 Å². The van der Waals surface area contributed by atoms with Crippen molar-refractivity contribution in [2.24, 2.45) is 0 Å². The Bertz CT molecular complexity index is 1010. The second-order valence-corrected chi connectivity index (χ2v) is 6.38. The number of nitrogens with one attached hydrogen (secondary N) is 1. The van der Waals surface area contributed by atoms with E-state index in [1.165, 1.54) is 13.3 Å². The van der Waals surface area contributed by atoms with E-state index < -0.39 is 0 Å². The van der Waals surface area contributed by atoms with E-state index in [0.717, 1.165) is 30.5 Å². The molecule has 0 radical (unpaired) electrons. The number of aromatic nitrogens is 3. The first-order valence-corrected chi connectivity index (χ1v) is 8.65. The maximum absolute atomic E-state index is 9.04. The van der Waals surface area contributed by atoms with Crippen LogP contribution in [0.25, 0.3) is 11.1 Å². The number of hydrogen-bond acceptors (Lipinski definition) is 9. The van der Waals surface area contributed by atoms with Gasteiger partial charge in [0.1, 0.15) is 17.1 Å². The fourth-order valence-electron chi connectivity index (χ4n) is 3.19. The highest BCUT2D eigenvalue weighted by Crippen LogP contribution is 2.26. The first-order chi connectivity index (χ1) is 13.2. The third kappa shape index (κ3) is 3.42. The van der Waals surface area contributed by atoms with Crippen LogP contribution in [0.2, 0.25) is 0 Å². The number of nitriles is 1. The van der Waals surface area contributed by atoms with E-state index in [-0.39, 0.29) is 11.9 Å². The molecule has 3 N–H and O–H groups in total. The molecule has 138 valence electrons. The number of nitrogens with zero attached hydrogens (tertiary/aromatic N) is 5. The first-order valence-electron chi connectivity index (χ1n) is 8.65. The predicted molar refractivity (Wildman–Crippen MR) is 101 cm³/mol. The Morgan fingerprint density at radius 1 is 1.41 bits per heavy atom. The van der Waals surface area contributed by atoms with Crippen LogP contribution in [0, 0.1) is 11.3 Å². The number of piperidine rings is 1. The van der Waals surface area contributed by atoms with Crippen molar-refractivity contribution in [3.63, 3.8) is 0 Å². The zero-order valence-electron chi connectivity index (χ0n) is 14.8. The minimum Gasteiger partial charge on any atom is -0.480 e. The van der Waals surface area contributed by atoms with Gasteiger partial charge < -0.3 is 25.1 Å². The molecule has 1 fully saturated rings. The highest BCUT2D eigenvalue weighted by atomic mass is 16.5. The molecule has 0 saturated carbocycles. The van der Waals surface area contributed by atoms with Gasteiger partial charge in [0.2, 0.25) is 11.8 Å². The van der Waals surface area contributed by atoms with Crippen molar-refractivity contribution in [2.45, 2.75) is 18.9 Å². The van der Waals surface area contributed by atoms with Gasteiger partial charge >= 0.3 is 0 Å². The van der Waals surface area contributed by atoms with Gasteiger partial charge in [0, 0.05) is 24.8 Å². The molecular weight excluding hydrogens is 346 g/mol. The minimum absolute atomic E-state index is 0.122. The smallest absolute Gasteiger partial charge is 0.298 e. The zero-order valence-corrected chi connectivity index (χ0v) is 14.8. The summed E-state index contributed by atoms with van der Waals surface area (Å²) in [7, 11) is 1.48. The fraction of sp³-hybridized carbons (Fsp3) is 0.333. The average Bonchev–Trinajstić information content (AvgIpc) is 3.11. The number of rotatable bonds is 4. The van der Waals surface area contributed by atoms with Gasteiger partial charge in [-0.2, -0.15) is 15.2 Å². The highest BCUT2D eigenvalue weighted by molar-refractivity contribution is 5.78. The summed E-state index contributed by atoms with van der Waals surface area (Å²) in [5, 5.41) is 12.3. The summed E-state index contributed by atoms with van der Waals surface area (Å²) in [6, 6.07) is 8.15. The molecule has 1 saturated heterocycles. The molecule has 27 heavy (non-hydrogen) atoms. The van der Waals surface area contributed by atoms with Crippen LogP contribution in [-0.2, 0) is 0 Å². The van der Waals surface area contributed by atoms with Gasteiger partial charge in [0.25, 0.3) is 6.01 Å². The summed E-state index contributed by atoms with van der Waals surface area (Å²) in [6.45, 7) is 1.56. The van der Waals surface area contributed by atoms with Crippen molar-refractivity contribution in [3.05, 3.63) is 30.0 Å². The van der Waals surface area contributed by atoms with E-state index in [1.54, 1.807) is 12.1 Å². The maximum Gasteiger partial charge on any atom is 0.298 e. The van der Waals surface area contributed by atoms with Crippen LogP contribution in [0.3, 0.4) is 0 Å². The molecule has 1 aliphatic rings. The Balaban J connectivity index is 1.50. The van der Waals surface area contributed by atoms with Crippen molar-refractivity contribution >= 4 is 28.8 Å². The number of fused-ring (bicyclic) bond motifs is 1. The molecule has 9 nitrogen and oxygen atoms in total. The largest absolute Gasteiger partial charge is 0.480 e. The predicted octanol–water partition coefficient (Wildman–Crippen LogP) is 2.16. The van der Waals surface area contributed by atoms with Crippen molar-refractivity contribution in [2.75, 3.05) is 36.1 Å². The Hall–Kier alpha value is -3.54. The summed E-state index contributed by atoms with van der Waals surface area (Å²) in [5.74, 6) is 0.697. The SMILES string of the molecule is COc1nc(NC2CCCN(c3nc4cc(N)ccc4o3)C2)ncc1C#N. The summed E-state index contributed by atoms with van der Waals surface area (Å²) < 4.78 is 11.0. The van der Waals surface area contributed by atoms with E-state index in [9.17, 15) is 0 Å². The molecule has 2 aromatic heterocycles. The Labute approximate surface area is 155 Å². The van der Waals surface area contributed by atoms with Crippen LogP contribution in [0.5, 0.6) is 5.88 Å². The molecular formula is C18H19N7O2. The van der Waals surface area contributed by atoms with Crippen molar-refractivity contribution in [1.29, 1.82) is 5.26 Å². The molecule has 4 rings (SSSR count). The van der Waals surface area contributed by atoms with Gasteiger partial charge in [-0.25, -0.2) is 4.98 Å². The molecule has 0 aliphatic carbocycles. The van der Waals surface area contributed by atoms with Gasteiger partial charge in [-0.05, 0) is 31.0 Å². The van der Waals surface area contributed by atoms with E-state index in [0.29, 0.717) is 29.8 Å². The van der Waals surface area contributed by atoms with Gasteiger partial charge in [0.05, 0.1) is 13.3 Å². The van der Waals surface area contributed by atoms with Gasteiger partial charge in [-0.1, -0.05) is 0 Å². The molecule has 0 bridgehead atoms. The molecule has 9 heteroatoms. The first kappa shape index (κ1) is 16.9. The van der Waals surface area contributed by atoms with Gasteiger partial charge in [0.15, 0.2) is 5.58 Å². The highest BCUT2D eigenvalue weighted by Gasteiger charge is 2.24. The molecule has 3 heterocycles. The van der Waals surface area contributed by atoms with Crippen LogP contribution >= 0.6 is 0 Å². The van der Waals surface area contributed by atoms with Crippen molar-refractivity contribution in [1.82, 2.24) is 15.0 Å². The lowest BCUT2D eigenvalue weighted by molar-refractivity contribution is 0.395. The Morgan fingerprint density at radius 2 is 2.30 bits per heavy atom. The third-order valence-corrected chi connectivity index (χ3v) is 4.49. The standard InChI is InChI=1S/C18H19N7O2/c1-26-16-11(8-19)9-21-17(24-16)22-13-3-2-6-25(10-13)18-23-14-7-12(20)4-5-15(14)27-18/h4-5,7,9,13H,2-3,6,10,20H2,1H3,(H,21,22,24). The topological polar surface area (TPSA) is 126 Å². The van der Waals surface area contributed by atoms with E-state index in [1.807, 2.05) is 12.1 Å². The number of methoxy groups -OCH3 is 1. The lowest BCUT2D eigenvalue weighted by Gasteiger charge is -2.32. The van der Waals surface area contributed by atoms with Crippen LogP contribution in [-0.4, -0.2) is 41.2 Å². The quantitative estimate of drug-likeness (QED) is 0.669. The average molecular weight is 365 g/mol. The fourth-order valence-corrected chi connectivity index (χ4v) is 3.19. The van der Waals surface area contributed by atoms with E-state index in [4.69, 9.17) is 20.1 Å². The summed E-state index contributed by atoms with van der Waals surface area (Å²) in [6.07, 6.45) is 3.40. The van der Waals surface area contributed by atoms with Crippen molar-refractivity contribution < 1.29 is 9.15 Å². The summed E-state index contributed by atoms with van der Waals surface area (Å²) in [5.41, 5.74) is 8.25. The van der Waals surface area contributed by atoms with Crippen LogP contribution in [0.1, 0.15) is 18.4 Å². The van der Waals surface area contributed by atoms with Gasteiger partial charge in [-0.3, -0.25) is 0 Å². The molecule has 1 aromatic carbocycles. The Kier molecular flexibility index (Phi) is 4.38. The second kappa shape index (κ2) is 6.99. The second-order valence-electron chi connectivity index (χ2n) is 6.38. The number of nitrogens with two attached hydrogens (primary N) is 1. The molecule has 3 aromatic rings. The number of oxazole rings is 1. The number of nitrogen functional groups attached to an aromatic ring is 1. The van der Waals surface area contributed by atoms with E-state index >= 15 is 0 Å². The van der Waals surface area contributed by atoms with E-state index in [2.05, 4.69) is 25.2 Å². The summed E-state index contributed by atoms with van der Waals surface area (Å²) >= 11 is 0. The monoisotopic (exact) mass is 365 g/mol. The molecule has 0 spiro atoms. The van der Waals surface area contributed by atoms with Gasteiger partial charge in [-0.15, -0.1) is 0 Å². The lowest BCUT2D eigenvalue weighted by Crippen LogP contribution is -2.42. The zero-order chi connectivity index (χ0) is 18.8. The summed E-state index contributed by atoms with van der Waals surface area (Å²) in [4.78, 5) is 15.1.